The molecule has 0 unspecified atom stereocenters. The molecule has 147 heavy (non-hydrogen) atoms. The largest absolute Gasteiger partial charge is 0.456 e. The number of fused-ring (bicyclic) bond motifs is 23. The van der Waals surface area contributed by atoms with Crippen molar-refractivity contribution in [2.24, 2.45) is 0 Å². The fourth-order valence-corrected chi connectivity index (χ4v) is 25.0. The van der Waals surface area contributed by atoms with Gasteiger partial charge in [0.25, 0.3) is 0 Å². The Morgan fingerprint density at radius 2 is 0.456 bits per heavy atom. The van der Waals surface area contributed by atoms with Crippen molar-refractivity contribution in [1.29, 1.82) is 0 Å². The topological polar surface area (TPSA) is 171 Å². The van der Waals surface area contributed by atoms with Crippen molar-refractivity contribution < 1.29 is 26.5 Å². The Morgan fingerprint density at radius 3 is 0.973 bits per heavy atom. The van der Waals surface area contributed by atoms with E-state index in [2.05, 4.69) is 353 Å². The second-order valence-corrected chi connectivity index (χ2v) is 38.6. The molecule has 0 fully saturated rings. The zero-order valence-electron chi connectivity index (χ0n) is 77.8. The minimum absolute atomic E-state index is 0.594. The molecule has 0 spiro atoms. The molecule has 0 atom stereocenters. The van der Waals surface area contributed by atoms with E-state index in [4.69, 9.17) is 56.4 Å². The highest BCUT2D eigenvalue weighted by Crippen LogP contribution is 2.56. The molecule has 0 amide bonds. The van der Waals surface area contributed by atoms with Crippen LogP contribution in [0.2, 0.25) is 0 Å². The van der Waals surface area contributed by atoms with E-state index in [1.54, 1.807) is 0 Å². The van der Waals surface area contributed by atoms with Gasteiger partial charge in [0.2, 0.25) is 17.8 Å². The van der Waals surface area contributed by atoms with Crippen LogP contribution < -0.4 is 0 Å². The van der Waals surface area contributed by atoms with E-state index < -0.39 is 0 Å². The third-order valence-electron chi connectivity index (χ3n) is 31.0. The van der Waals surface area contributed by atoms with Crippen LogP contribution in [0.25, 0.3) is 346 Å². The minimum Gasteiger partial charge on any atom is -0.456 e. The lowest BCUT2D eigenvalue weighted by molar-refractivity contribution is 0.663. The predicted molar refractivity (Wildman–Crippen MR) is 600 cm³/mol. The van der Waals surface area contributed by atoms with E-state index in [-0.39, 0.29) is 0 Å². The average Bonchev–Trinajstić information content (AvgIpc) is 1.51. The summed E-state index contributed by atoms with van der Waals surface area (Å²) in [6.45, 7) is 0. The highest BCUT2D eigenvalue weighted by atomic mass is 16.4. The zero-order chi connectivity index (χ0) is 95.4. The van der Waals surface area contributed by atoms with E-state index in [0.717, 1.165) is 312 Å². The lowest BCUT2D eigenvalue weighted by Gasteiger charge is -2.12. The van der Waals surface area contributed by atoms with Crippen molar-refractivity contribution in [3.8, 4) is 51.6 Å². The van der Waals surface area contributed by atoms with Crippen LogP contribution in [0.5, 0.6) is 0 Å². The maximum Gasteiger partial charge on any atom is 0.235 e. The number of nitrogens with zero attached hydrogens (tertiary/aromatic N) is 9. The smallest absolute Gasteiger partial charge is 0.235 e. The lowest BCUT2D eigenvalue weighted by Crippen LogP contribution is -2.03. The molecule has 0 saturated heterocycles. The highest BCUT2D eigenvalue weighted by Gasteiger charge is 2.33. The predicted octanol–water partition coefficient (Wildman–Crippen LogP) is 35.8. The molecule has 0 radical (unpaired) electrons. The van der Waals surface area contributed by atoms with E-state index in [9.17, 15) is 0 Å². The van der Waals surface area contributed by atoms with Gasteiger partial charge in [-0.1, -0.05) is 297 Å². The summed E-state index contributed by atoms with van der Waals surface area (Å²) < 4.78 is 46.6. The Hall–Kier alpha value is -20.2. The van der Waals surface area contributed by atoms with Gasteiger partial charge in [-0.3, -0.25) is 13.7 Å². The van der Waals surface area contributed by atoms with Crippen molar-refractivity contribution in [2.45, 2.75) is 0 Å². The molecule has 15 heteroatoms. The van der Waals surface area contributed by atoms with Gasteiger partial charge in [0.15, 0.2) is 5.58 Å². The molecule has 36 aromatic rings. The first-order chi connectivity index (χ1) is 72.9. The summed E-state index contributed by atoms with van der Waals surface area (Å²) >= 11 is 0. The van der Waals surface area contributed by atoms with Crippen LogP contribution in [0.15, 0.2) is 445 Å². The maximum atomic E-state index is 6.92. The summed E-state index contributed by atoms with van der Waals surface area (Å²) in [5, 5.41) is 36.7. The molecule has 0 aliphatic rings. The van der Waals surface area contributed by atoms with Crippen molar-refractivity contribution in [1.82, 2.24) is 43.6 Å². The van der Waals surface area contributed by atoms with E-state index in [1.165, 1.54) is 16.2 Å². The second kappa shape index (κ2) is 29.3. The molecule has 0 aliphatic carbocycles. The molecule has 15 nitrogen and oxygen atoms in total. The molecular weight excluding hydrogens is 1810 g/mol. The molecule has 678 valence electrons. The Balaban J connectivity index is 0.0000000945. The molecule has 36 rings (SSSR count). The van der Waals surface area contributed by atoms with Gasteiger partial charge in [-0.05, 0) is 186 Å². The number of hydrogen-bond donors (Lipinski definition) is 0. The van der Waals surface area contributed by atoms with Gasteiger partial charge in [-0.15, -0.1) is 0 Å². The maximum absolute atomic E-state index is 6.92. The van der Waals surface area contributed by atoms with Crippen molar-refractivity contribution in [3.05, 3.63) is 419 Å². The Morgan fingerprint density at radius 1 is 0.143 bits per heavy atom. The molecular formula is C132H69N9O6. The van der Waals surface area contributed by atoms with Crippen molar-refractivity contribution in [3.63, 3.8) is 0 Å². The average molecular weight is 1880 g/mol. The van der Waals surface area contributed by atoms with E-state index in [0.29, 0.717) is 17.8 Å². The first-order valence-electron chi connectivity index (χ1n) is 49.5. The number of hydrogen-bond acceptors (Lipinski definition) is 12. The molecule has 12 heterocycles. The minimum atomic E-state index is 0.594. The number of furan rings is 6. The third-order valence-corrected chi connectivity index (χ3v) is 31.0. The number of para-hydroxylation sites is 6. The standard InChI is InChI=1S/3C44H23N3O2/c1-2-10-24(11-3-1)43-28-13-4-6-16-32(28)45-44(46-43)47-33-17-8-14-26-29-22-31-25-12-5-7-18-35(25)48-38(31)23-30(29)27-15-9-19-36-40(27)42-37(49-36)21-20-34(47)41(42)39(26)33;1-2-11-24(12-3-1)41-29-16-6-8-18-32(29)45-44(46-41)47-33-21-22-36-40-37-28(17-10-20-35(37)48-36)25-13-4-5-14-26(25)30-23-31-27-15-7-9-19-34(27)49-43(31)42(47)38(30)39(33)40;1-2-11-24(12-3-1)42-28-15-6-8-18-31(28)45-44(46-42)47-32-19-10-17-27-25-13-4-5-14-26(25)30-23-36-38(29-16-7-9-20-34(29)48-36)43-39(30)41-35(49-43)22-21-33(47)40(41)37(27)32/h3*1-23H. The summed E-state index contributed by atoms with van der Waals surface area (Å²) in [7, 11) is 0. The van der Waals surface area contributed by atoms with E-state index >= 15 is 0 Å². The fourth-order valence-electron chi connectivity index (χ4n) is 25.0. The third kappa shape index (κ3) is 10.8. The Bertz CT molecular complexity index is 12000. The highest BCUT2D eigenvalue weighted by molar-refractivity contribution is 6.45. The van der Waals surface area contributed by atoms with E-state index in [1.807, 2.05) is 78.9 Å². The second-order valence-electron chi connectivity index (χ2n) is 38.6. The Kier molecular flexibility index (Phi) is 15.7. The molecule has 24 aromatic carbocycles. The van der Waals surface area contributed by atoms with Crippen LogP contribution in [0.4, 0.5) is 0 Å². The summed E-state index contributed by atoms with van der Waals surface area (Å²) in [6, 6.07) is 146. The quantitative estimate of drug-likeness (QED) is 0.155. The van der Waals surface area contributed by atoms with Gasteiger partial charge in [0.05, 0.1) is 66.6 Å². The van der Waals surface area contributed by atoms with Gasteiger partial charge in [-0.2, -0.15) is 0 Å². The van der Waals surface area contributed by atoms with Crippen LogP contribution >= 0.6 is 0 Å². The van der Waals surface area contributed by atoms with Gasteiger partial charge >= 0.3 is 0 Å². The van der Waals surface area contributed by atoms with Gasteiger partial charge in [0, 0.05) is 124 Å². The SMILES string of the molecule is c1ccc(-c2nc(-n3c4ccc5oc6cccc7c8ccccc8c8cc9c%10ccccc%10oc9c3c8c4c5c67)nc3ccccc23)cc1.c1ccc(-c2nc(-n3c4cccc5c6cc7c(cc6c6cccc8oc9ccc3c(c9c86)c54)oc3ccccc37)nc3ccccc23)cc1.c1ccc(-c2nc(-n3c4cccc5c6ccccc6c6cc7oc8ccccc8c7c7oc8ccc3c(c8c67)c54)nc3ccccc23)cc1. The monoisotopic (exact) mass is 1880 g/mol. The number of benzene rings is 21. The number of aromatic nitrogens is 9. The first-order valence-corrected chi connectivity index (χ1v) is 49.5. The summed E-state index contributed by atoms with van der Waals surface area (Å²) in [6.07, 6.45) is 0. The molecule has 0 N–H and O–H groups in total. The van der Waals surface area contributed by atoms with Crippen LogP contribution in [-0.4, -0.2) is 43.6 Å². The van der Waals surface area contributed by atoms with Gasteiger partial charge < -0.3 is 26.5 Å². The summed E-state index contributed by atoms with van der Waals surface area (Å²) in [4.78, 5) is 31.8. The van der Waals surface area contributed by atoms with Crippen molar-refractivity contribution >= 4 is 294 Å². The Labute approximate surface area is 829 Å². The van der Waals surface area contributed by atoms with Crippen LogP contribution in [0, 0.1) is 0 Å². The first kappa shape index (κ1) is 78.6. The molecule has 0 saturated carbocycles. The molecule has 0 aliphatic heterocycles. The van der Waals surface area contributed by atoms with Gasteiger partial charge in [0.1, 0.15) is 66.9 Å². The van der Waals surface area contributed by atoms with Crippen LogP contribution in [0.1, 0.15) is 0 Å². The zero-order valence-corrected chi connectivity index (χ0v) is 77.8. The summed E-state index contributed by atoms with van der Waals surface area (Å²) in [5.41, 5.74) is 24.9. The molecule has 0 bridgehead atoms. The summed E-state index contributed by atoms with van der Waals surface area (Å²) in [5.74, 6) is 1.87. The fraction of sp³-hybridized carbons (Fsp3) is 0. The normalized spacial score (nSPS) is 12.5. The van der Waals surface area contributed by atoms with Crippen LogP contribution in [0.3, 0.4) is 0 Å². The van der Waals surface area contributed by atoms with Crippen LogP contribution in [-0.2, 0) is 0 Å². The van der Waals surface area contributed by atoms with Gasteiger partial charge in [-0.25, -0.2) is 29.9 Å². The lowest BCUT2D eigenvalue weighted by atomic mass is 9.93. The number of rotatable bonds is 6. The molecule has 12 aromatic heterocycles. The van der Waals surface area contributed by atoms with Crippen molar-refractivity contribution in [2.75, 3.05) is 0 Å².